The van der Waals surface area contributed by atoms with Crippen molar-refractivity contribution in [3.05, 3.63) is 94.8 Å². The summed E-state index contributed by atoms with van der Waals surface area (Å²) in [5.74, 6) is -6.59. The summed E-state index contributed by atoms with van der Waals surface area (Å²) in [5.41, 5.74) is -0.527. The topological polar surface area (TPSA) is 91.4 Å². The summed E-state index contributed by atoms with van der Waals surface area (Å²) in [6, 6.07) is 7.47. The van der Waals surface area contributed by atoms with E-state index in [0.717, 1.165) is 4.90 Å². The van der Waals surface area contributed by atoms with E-state index in [1.165, 1.54) is 30.5 Å². The minimum Gasteiger partial charge on any atom is -0.342 e. The van der Waals surface area contributed by atoms with Crippen LogP contribution in [0, 0.1) is 23.3 Å². The average molecular weight is 543 g/mol. The lowest BCUT2D eigenvalue weighted by atomic mass is 10.0. The molecule has 0 saturated heterocycles. The maximum atomic E-state index is 14.8. The van der Waals surface area contributed by atoms with Gasteiger partial charge < -0.3 is 15.5 Å². The number of carbonyl (C=O) groups is 3. The predicted molar refractivity (Wildman–Crippen MR) is 135 cm³/mol. The molecule has 204 valence electrons. The van der Waals surface area contributed by atoms with Gasteiger partial charge in [0.1, 0.15) is 29.4 Å². The Morgan fingerprint density at radius 1 is 1.03 bits per heavy atom. The van der Waals surface area contributed by atoms with E-state index in [4.69, 9.17) is 0 Å². The number of amides is 3. The number of rotatable bonds is 7. The van der Waals surface area contributed by atoms with Crippen LogP contribution in [0.4, 0.5) is 23.2 Å². The third kappa shape index (κ3) is 5.92. The second-order valence-electron chi connectivity index (χ2n) is 9.42. The molecule has 1 aromatic heterocycles. The molecule has 1 aliphatic heterocycles. The van der Waals surface area contributed by atoms with Crippen molar-refractivity contribution >= 4 is 23.4 Å². The van der Waals surface area contributed by atoms with Gasteiger partial charge in [-0.25, -0.2) is 17.6 Å². The molecule has 39 heavy (non-hydrogen) atoms. The highest BCUT2D eigenvalue weighted by molar-refractivity contribution is 6.02. The van der Waals surface area contributed by atoms with E-state index < -0.39 is 59.1 Å². The van der Waals surface area contributed by atoms with Crippen molar-refractivity contribution < 1.29 is 31.9 Å². The first kappa shape index (κ1) is 27.7. The number of nitrogens with one attached hydrogen (secondary N) is 2. The zero-order valence-corrected chi connectivity index (χ0v) is 21.2. The Hall–Kier alpha value is -4.28. The van der Waals surface area contributed by atoms with Crippen LogP contribution in [-0.4, -0.2) is 40.8 Å². The Balaban J connectivity index is 1.63. The van der Waals surface area contributed by atoms with Crippen LogP contribution in [0.1, 0.15) is 41.9 Å². The highest BCUT2D eigenvalue weighted by atomic mass is 19.2. The molecule has 3 amide bonds. The number of hydrogen-bond acceptors (Lipinski definition) is 4. The van der Waals surface area contributed by atoms with Gasteiger partial charge in [-0.05, 0) is 50.5 Å². The van der Waals surface area contributed by atoms with E-state index in [1.54, 1.807) is 32.0 Å². The third-order valence-corrected chi connectivity index (χ3v) is 6.43. The number of pyridine rings is 1. The normalized spacial score (nSPS) is 15.9. The molecule has 2 N–H and O–H groups in total. The number of anilines is 1. The summed E-state index contributed by atoms with van der Waals surface area (Å²) < 4.78 is 57.9. The van der Waals surface area contributed by atoms with Gasteiger partial charge in [0, 0.05) is 30.3 Å². The van der Waals surface area contributed by atoms with Gasteiger partial charge in [0.15, 0.2) is 11.6 Å². The van der Waals surface area contributed by atoms with E-state index in [-0.39, 0.29) is 41.8 Å². The molecule has 0 saturated carbocycles. The Morgan fingerprint density at radius 2 is 1.74 bits per heavy atom. The first-order valence-corrected chi connectivity index (χ1v) is 12.3. The van der Waals surface area contributed by atoms with Gasteiger partial charge in [-0.15, -0.1) is 0 Å². The molecule has 0 bridgehead atoms. The number of nitrogens with zero attached hydrogens (tertiary/aromatic N) is 2. The quantitative estimate of drug-likeness (QED) is 0.351. The lowest BCUT2D eigenvalue weighted by molar-refractivity contribution is -0.128. The molecule has 2 heterocycles. The Bertz CT molecular complexity index is 1400. The van der Waals surface area contributed by atoms with Crippen LogP contribution < -0.4 is 15.5 Å². The van der Waals surface area contributed by atoms with Crippen molar-refractivity contribution in [2.75, 3.05) is 4.90 Å². The van der Waals surface area contributed by atoms with Crippen LogP contribution >= 0.6 is 0 Å². The number of aromatic nitrogens is 1. The fraction of sp³-hybridized carbons (Fsp3) is 0.286. The average Bonchev–Trinajstić information content (AvgIpc) is 3.05. The maximum Gasteiger partial charge on any atom is 0.270 e. The van der Waals surface area contributed by atoms with Crippen molar-refractivity contribution in [2.24, 2.45) is 0 Å². The van der Waals surface area contributed by atoms with E-state index in [0.29, 0.717) is 6.07 Å². The maximum absolute atomic E-state index is 14.8. The van der Waals surface area contributed by atoms with Crippen molar-refractivity contribution in [2.45, 2.75) is 51.2 Å². The number of fused-ring (bicyclic) bond motifs is 1. The SMILES string of the molecule is CC(C)N1C(=O)[C@H](NC(=O)[C@@H](Cc2ccccc2F)NC(=O)c2ccccn2)CCc2c(F)c(F)cc(F)c21. The second kappa shape index (κ2) is 11.6. The minimum atomic E-state index is -1.38. The molecule has 7 nitrogen and oxygen atoms in total. The van der Waals surface area contributed by atoms with Crippen molar-refractivity contribution in [3.63, 3.8) is 0 Å². The van der Waals surface area contributed by atoms with Crippen LogP contribution in [0.3, 0.4) is 0 Å². The van der Waals surface area contributed by atoms with Crippen LogP contribution in [0.2, 0.25) is 0 Å². The predicted octanol–water partition coefficient (Wildman–Crippen LogP) is 3.85. The molecule has 0 fully saturated rings. The van der Waals surface area contributed by atoms with Crippen molar-refractivity contribution in [1.29, 1.82) is 0 Å². The van der Waals surface area contributed by atoms with Gasteiger partial charge >= 0.3 is 0 Å². The number of halogens is 4. The molecular weight excluding hydrogens is 516 g/mol. The Kier molecular flexibility index (Phi) is 8.27. The Morgan fingerprint density at radius 3 is 2.41 bits per heavy atom. The number of hydrogen-bond donors (Lipinski definition) is 2. The Labute approximate surface area is 222 Å². The van der Waals surface area contributed by atoms with Crippen LogP contribution in [-0.2, 0) is 22.4 Å². The molecule has 1 aliphatic rings. The first-order valence-electron chi connectivity index (χ1n) is 12.3. The molecule has 0 spiro atoms. The van der Waals surface area contributed by atoms with Gasteiger partial charge in [-0.1, -0.05) is 24.3 Å². The molecule has 2 atom stereocenters. The summed E-state index contributed by atoms with van der Waals surface area (Å²) >= 11 is 0. The fourth-order valence-electron chi connectivity index (χ4n) is 4.56. The summed E-state index contributed by atoms with van der Waals surface area (Å²) in [4.78, 5) is 44.7. The number of benzene rings is 2. The largest absolute Gasteiger partial charge is 0.342 e. The highest BCUT2D eigenvalue weighted by Gasteiger charge is 2.38. The molecule has 0 aliphatic carbocycles. The minimum absolute atomic E-state index is 0.0174. The van der Waals surface area contributed by atoms with Crippen LogP contribution in [0.25, 0.3) is 0 Å². The van der Waals surface area contributed by atoms with Crippen LogP contribution in [0.5, 0.6) is 0 Å². The molecular formula is C28H26F4N4O3. The van der Waals surface area contributed by atoms with E-state index in [2.05, 4.69) is 15.6 Å². The molecule has 11 heteroatoms. The number of carbonyl (C=O) groups excluding carboxylic acids is 3. The smallest absolute Gasteiger partial charge is 0.270 e. The summed E-state index contributed by atoms with van der Waals surface area (Å²) in [7, 11) is 0. The van der Waals surface area contributed by atoms with Gasteiger partial charge in [0.25, 0.3) is 5.91 Å². The van der Waals surface area contributed by atoms with E-state index >= 15 is 0 Å². The third-order valence-electron chi connectivity index (χ3n) is 6.43. The van der Waals surface area contributed by atoms with Crippen molar-refractivity contribution in [1.82, 2.24) is 15.6 Å². The summed E-state index contributed by atoms with van der Waals surface area (Å²) in [6.07, 6.45) is 0.736. The zero-order chi connectivity index (χ0) is 28.3. The zero-order valence-electron chi connectivity index (χ0n) is 21.2. The van der Waals surface area contributed by atoms with Gasteiger partial charge in [0.2, 0.25) is 11.8 Å². The molecule has 3 aromatic rings. The lowest BCUT2D eigenvalue weighted by Gasteiger charge is -2.30. The van der Waals surface area contributed by atoms with E-state index in [1.807, 2.05) is 0 Å². The highest BCUT2D eigenvalue weighted by Crippen LogP contribution is 2.34. The standard InChI is InChI=1S/C28H26F4N4O3/c1-15(2)36-25-17(24(32)19(30)14-20(25)31)10-11-22(28(36)39)34-27(38)23(13-16-7-3-4-8-18(16)29)35-26(37)21-9-5-6-12-33-21/h3-9,12,14-15,22-23H,10-11,13H2,1-2H3,(H,34,38)(H,35,37)/t22-,23-/m1/s1. The molecule has 0 unspecified atom stereocenters. The summed E-state index contributed by atoms with van der Waals surface area (Å²) in [5, 5.41) is 5.08. The van der Waals surface area contributed by atoms with E-state index in [9.17, 15) is 31.9 Å². The van der Waals surface area contributed by atoms with Gasteiger partial charge in [-0.2, -0.15) is 0 Å². The second-order valence-corrected chi connectivity index (χ2v) is 9.42. The van der Waals surface area contributed by atoms with Gasteiger partial charge in [0.05, 0.1) is 5.69 Å². The van der Waals surface area contributed by atoms with Crippen LogP contribution in [0.15, 0.2) is 54.7 Å². The fourth-order valence-corrected chi connectivity index (χ4v) is 4.56. The molecule has 4 rings (SSSR count). The monoisotopic (exact) mass is 542 g/mol. The van der Waals surface area contributed by atoms with Crippen molar-refractivity contribution in [3.8, 4) is 0 Å². The van der Waals surface area contributed by atoms with Gasteiger partial charge in [-0.3, -0.25) is 19.4 Å². The summed E-state index contributed by atoms with van der Waals surface area (Å²) in [6.45, 7) is 3.14. The molecule has 0 radical (unpaired) electrons. The first-order chi connectivity index (χ1) is 18.6. The lowest BCUT2D eigenvalue weighted by Crippen LogP contribution is -2.55. The molecule has 2 aromatic carbocycles.